The van der Waals surface area contributed by atoms with Gasteiger partial charge < -0.3 is 16.0 Å². The molecule has 4 N–H and O–H groups in total. The number of amides is 2. The molecule has 6 nitrogen and oxygen atoms in total. The summed E-state index contributed by atoms with van der Waals surface area (Å²) in [5.74, 6) is -0.371. The highest BCUT2D eigenvalue weighted by Gasteiger charge is 2.28. The molecule has 1 saturated heterocycles. The highest BCUT2D eigenvalue weighted by molar-refractivity contribution is 7.71. The molecule has 2 amide bonds. The maximum absolute atomic E-state index is 12.5. The van der Waals surface area contributed by atoms with E-state index in [0.29, 0.717) is 16.9 Å². The minimum atomic E-state index is -0.484. The Morgan fingerprint density at radius 3 is 2.46 bits per heavy atom. The number of aromatic nitrogens is 1. The fraction of sp³-hybridized carbons (Fsp3) is 0.381. The molecule has 0 radical (unpaired) electrons. The first-order chi connectivity index (χ1) is 13.4. The summed E-state index contributed by atoms with van der Waals surface area (Å²) in [4.78, 5) is 25.6. The van der Waals surface area contributed by atoms with Gasteiger partial charge in [-0.3, -0.25) is 14.2 Å². The van der Waals surface area contributed by atoms with E-state index in [1.165, 1.54) is 4.90 Å². The Kier molecular flexibility index (Phi) is 6.26. The van der Waals surface area contributed by atoms with E-state index in [9.17, 15) is 9.59 Å². The largest absolute Gasteiger partial charge is 0.365 e. The number of aryl methyl sites for hydroxylation is 2. The zero-order valence-electron chi connectivity index (χ0n) is 16.3. The molecule has 0 spiro atoms. The third kappa shape index (κ3) is 4.48. The minimum absolute atomic E-state index is 0.0252. The Hall–Kier alpha value is -2.51. The number of nitrogens with two attached hydrogens (primary N) is 1. The molecule has 0 saturated carbocycles. The van der Waals surface area contributed by atoms with Crippen molar-refractivity contribution >= 4 is 29.7 Å². The molecule has 0 unspecified atom stereocenters. The monoisotopic (exact) mass is 399 g/mol. The van der Waals surface area contributed by atoms with Crippen molar-refractivity contribution in [2.24, 2.45) is 11.7 Å². The van der Waals surface area contributed by atoms with Crippen LogP contribution in [-0.4, -0.2) is 29.5 Å². The molecule has 0 atom stereocenters. The van der Waals surface area contributed by atoms with Gasteiger partial charge in [0.25, 0.3) is 5.91 Å². The lowest BCUT2D eigenvalue weighted by Crippen LogP contribution is -3.12. The van der Waals surface area contributed by atoms with Crippen LogP contribution in [0.15, 0.2) is 36.4 Å². The fourth-order valence-electron chi connectivity index (χ4n) is 3.86. The lowest BCUT2D eigenvalue weighted by molar-refractivity contribution is -0.928. The molecule has 2 aromatic rings. The molecular formula is C21H27N4O2S+. The predicted molar refractivity (Wildman–Crippen MR) is 112 cm³/mol. The van der Waals surface area contributed by atoms with Crippen molar-refractivity contribution < 1.29 is 14.5 Å². The van der Waals surface area contributed by atoms with E-state index >= 15 is 0 Å². The van der Waals surface area contributed by atoms with Gasteiger partial charge in [0.2, 0.25) is 5.91 Å². The molecule has 3 rings (SSSR count). The molecular weight excluding hydrogens is 372 g/mol. The van der Waals surface area contributed by atoms with E-state index in [1.54, 1.807) is 0 Å². The number of benzene rings is 1. The second-order valence-electron chi connectivity index (χ2n) is 7.48. The molecule has 2 heterocycles. The summed E-state index contributed by atoms with van der Waals surface area (Å²) in [5.41, 5.74) is 8.61. The molecule has 1 aromatic heterocycles. The van der Waals surface area contributed by atoms with Crippen LogP contribution in [0.1, 0.15) is 34.5 Å². The molecule has 1 aliphatic rings. The van der Waals surface area contributed by atoms with Crippen molar-refractivity contribution in [2.45, 2.75) is 33.4 Å². The van der Waals surface area contributed by atoms with Crippen molar-refractivity contribution in [2.75, 3.05) is 18.4 Å². The summed E-state index contributed by atoms with van der Waals surface area (Å²) < 4.78 is 2.49. The number of quaternary nitrogens is 1. The van der Waals surface area contributed by atoms with Crippen LogP contribution in [0.25, 0.3) is 0 Å². The van der Waals surface area contributed by atoms with Gasteiger partial charge in [0.05, 0.1) is 18.7 Å². The van der Waals surface area contributed by atoms with Crippen LogP contribution in [0.4, 0.5) is 5.69 Å². The SMILES string of the molecule is Cc1cc(C)n(C[NH+]2CCC(C(=O)Nc3ccccc3)CC2)c(=S)c1C(N)=O. The number of piperidine rings is 1. The summed E-state index contributed by atoms with van der Waals surface area (Å²) >= 11 is 5.53. The number of primary amides is 1. The molecule has 0 aliphatic carbocycles. The molecule has 1 aliphatic heterocycles. The van der Waals surface area contributed by atoms with Crippen molar-refractivity contribution in [1.82, 2.24) is 4.57 Å². The number of nitrogens with one attached hydrogen (secondary N) is 2. The Bertz CT molecular complexity index is 931. The van der Waals surface area contributed by atoms with Gasteiger partial charge >= 0.3 is 0 Å². The summed E-state index contributed by atoms with van der Waals surface area (Å²) in [7, 11) is 0. The summed E-state index contributed by atoms with van der Waals surface area (Å²) in [6.07, 6.45) is 1.66. The van der Waals surface area contributed by atoms with E-state index in [-0.39, 0.29) is 11.8 Å². The van der Waals surface area contributed by atoms with Crippen LogP contribution in [0.3, 0.4) is 0 Å². The van der Waals surface area contributed by atoms with E-state index in [2.05, 4.69) is 5.32 Å². The quantitative estimate of drug-likeness (QED) is 0.671. The van der Waals surface area contributed by atoms with Crippen LogP contribution in [0.2, 0.25) is 0 Å². The fourth-order valence-corrected chi connectivity index (χ4v) is 4.33. The summed E-state index contributed by atoms with van der Waals surface area (Å²) in [6, 6.07) is 11.5. The van der Waals surface area contributed by atoms with Gasteiger partial charge in [0.1, 0.15) is 4.64 Å². The smallest absolute Gasteiger partial charge is 0.251 e. The predicted octanol–water partition coefficient (Wildman–Crippen LogP) is 1.82. The van der Waals surface area contributed by atoms with Crippen LogP contribution in [0.5, 0.6) is 0 Å². The number of pyridine rings is 1. The topological polar surface area (TPSA) is 81.6 Å². The summed E-state index contributed by atoms with van der Waals surface area (Å²) in [6.45, 7) is 6.30. The first-order valence-electron chi connectivity index (χ1n) is 9.57. The number of nitrogens with zero attached hydrogens (tertiary/aromatic N) is 1. The van der Waals surface area contributed by atoms with Crippen molar-refractivity contribution in [3.05, 3.63) is 57.9 Å². The molecule has 1 fully saturated rings. The number of hydrogen-bond donors (Lipinski definition) is 3. The van der Waals surface area contributed by atoms with Crippen molar-refractivity contribution in [3.63, 3.8) is 0 Å². The van der Waals surface area contributed by atoms with E-state index in [4.69, 9.17) is 18.0 Å². The number of likely N-dealkylation sites (tertiary alicyclic amines) is 1. The second-order valence-corrected chi connectivity index (χ2v) is 7.87. The average Bonchev–Trinajstić information content (AvgIpc) is 2.66. The van der Waals surface area contributed by atoms with Gasteiger partial charge in [-0.2, -0.15) is 0 Å². The number of carbonyl (C=O) groups excluding carboxylic acids is 2. The lowest BCUT2D eigenvalue weighted by Gasteiger charge is -2.30. The van der Waals surface area contributed by atoms with Gasteiger partial charge in [-0.05, 0) is 37.6 Å². The Morgan fingerprint density at radius 2 is 1.86 bits per heavy atom. The normalized spacial score (nSPS) is 19.2. The molecule has 1 aromatic carbocycles. The van der Waals surface area contributed by atoms with E-state index < -0.39 is 5.91 Å². The first kappa shape index (κ1) is 20.2. The maximum atomic E-state index is 12.5. The van der Waals surface area contributed by atoms with Crippen LogP contribution < -0.4 is 16.0 Å². The number of rotatable bonds is 5. The summed E-state index contributed by atoms with van der Waals surface area (Å²) in [5, 5.41) is 3.00. The van der Waals surface area contributed by atoms with Gasteiger partial charge in [-0.15, -0.1) is 0 Å². The number of anilines is 1. The highest BCUT2D eigenvalue weighted by Crippen LogP contribution is 2.15. The lowest BCUT2D eigenvalue weighted by atomic mass is 9.96. The van der Waals surface area contributed by atoms with Crippen LogP contribution in [0, 0.1) is 24.4 Å². The third-order valence-electron chi connectivity index (χ3n) is 5.44. The first-order valence-corrected chi connectivity index (χ1v) is 9.98. The number of carbonyl (C=O) groups is 2. The second kappa shape index (κ2) is 8.67. The molecule has 0 bridgehead atoms. The van der Waals surface area contributed by atoms with Crippen molar-refractivity contribution in [1.29, 1.82) is 0 Å². The van der Waals surface area contributed by atoms with E-state index in [1.807, 2.05) is 54.8 Å². The van der Waals surface area contributed by atoms with E-state index in [0.717, 1.165) is 42.9 Å². The number of hydrogen-bond acceptors (Lipinski definition) is 3. The third-order valence-corrected chi connectivity index (χ3v) is 5.86. The van der Waals surface area contributed by atoms with Gasteiger partial charge in [0, 0.05) is 30.1 Å². The Balaban J connectivity index is 1.63. The van der Waals surface area contributed by atoms with Crippen molar-refractivity contribution in [3.8, 4) is 0 Å². The minimum Gasteiger partial charge on any atom is -0.365 e. The molecule has 28 heavy (non-hydrogen) atoms. The Morgan fingerprint density at radius 1 is 1.21 bits per heavy atom. The average molecular weight is 400 g/mol. The zero-order chi connectivity index (χ0) is 20.3. The molecule has 148 valence electrons. The number of para-hydroxylation sites is 1. The zero-order valence-corrected chi connectivity index (χ0v) is 17.1. The van der Waals surface area contributed by atoms with Gasteiger partial charge in [0.15, 0.2) is 6.67 Å². The standard InChI is InChI=1S/C21H26N4O2S/c1-14-12-15(2)25(21(28)18(14)19(22)26)13-24-10-8-16(9-11-24)20(27)23-17-6-4-3-5-7-17/h3-7,12,16H,8-11,13H2,1-2H3,(H2,22,26)(H,23,27)/p+1. The molecule has 7 heteroatoms. The van der Waals surface area contributed by atoms with Crippen LogP contribution >= 0.6 is 12.2 Å². The Labute approximate surface area is 170 Å². The maximum Gasteiger partial charge on any atom is 0.251 e. The van der Waals surface area contributed by atoms with Gasteiger partial charge in [-0.25, -0.2) is 0 Å². The van der Waals surface area contributed by atoms with Crippen LogP contribution in [-0.2, 0) is 11.5 Å². The van der Waals surface area contributed by atoms with Gasteiger partial charge in [-0.1, -0.05) is 30.4 Å². The highest BCUT2D eigenvalue weighted by atomic mass is 32.1.